The number of hydrogen-bond donors (Lipinski definition) is 0. The van der Waals surface area contributed by atoms with Crippen molar-refractivity contribution >= 4 is 5.91 Å². The fourth-order valence-electron chi connectivity index (χ4n) is 3.25. The summed E-state index contributed by atoms with van der Waals surface area (Å²) in [6, 6.07) is 7.40. The minimum Gasteiger partial charge on any atom is -0.494 e. The Hall–Kier alpha value is -1.97. The molecule has 0 bridgehead atoms. The molecular formula is C18H23NO3. The fourth-order valence-corrected chi connectivity index (χ4v) is 3.25. The van der Waals surface area contributed by atoms with E-state index in [0.29, 0.717) is 24.2 Å². The van der Waals surface area contributed by atoms with Gasteiger partial charge in [0.25, 0.3) is 5.91 Å². The number of likely N-dealkylation sites (tertiary alicyclic amines) is 1. The maximum atomic E-state index is 12.3. The Morgan fingerprint density at radius 2 is 1.59 bits per heavy atom. The molecule has 4 heteroatoms. The highest BCUT2D eigenvalue weighted by Crippen LogP contribution is 2.32. The van der Waals surface area contributed by atoms with Gasteiger partial charge >= 0.3 is 0 Å². The predicted octanol–water partition coefficient (Wildman–Crippen LogP) is 2.89. The third-order valence-electron chi connectivity index (χ3n) is 4.47. The zero-order valence-electron chi connectivity index (χ0n) is 13.0. The normalized spacial score (nSPS) is 23.2. The molecule has 2 aliphatic rings. The molecule has 2 atom stereocenters. The minimum atomic E-state index is 0.0864. The number of carbonyl (C=O) groups is 1. The monoisotopic (exact) mass is 301 g/mol. The third kappa shape index (κ3) is 3.43. The lowest BCUT2D eigenvalue weighted by Crippen LogP contribution is -2.33. The van der Waals surface area contributed by atoms with Crippen LogP contribution in [0, 0.1) is 11.8 Å². The third-order valence-corrected chi connectivity index (χ3v) is 4.47. The first kappa shape index (κ1) is 14.9. The second-order valence-corrected chi connectivity index (χ2v) is 5.95. The molecule has 4 nitrogen and oxygen atoms in total. The summed E-state index contributed by atoms with van der Waals surface area (Å²) in [6.45, 7) is 4.46. The summed E-state index contributed by atoms with van der Waals surface area (Å²) in [4.78, 5) is 14.2. The maximum Gasteiger partial charge on any atom is 0.260 e. The topological polar surface area (TPSA) is 38.8 Å². The van der Waals surface area contributed by atoms with Gasteiger partial charge in [-0.25, -0.2) is 0 Å². The maximum absolute atomic E-state index is 12.3. The lowest BCUT2D eigenvalue weighted by atomic mass is 9.86. The van der Waals surface area contributed by atoms with Crippen LogP contribution >= 0.6 is 0 Å². The average molecular weight is 301 g/mol. The summed E-state index contributed by atoms with van der Waals surface area (Å²) < 4.78 is 11.0. The quantitative estimate of drug-likeness (QED) is 0.785. The fraction of sp³-hybridized carbons (Fsp3) is 0.500. The molecule has 1 heterocycles. The van der Waals surface area contributed by atoms with Crippen LogP contribution in [-0.2, 0) is 4.79 Å². The zero-order chi connectivity index (χ0) is 15.4. The number of fused-ring (bicyclic) bond motifs is 1. The highest BCUT2D eigenvalue weighted by atomic mass is 16.5. The Kier molecular flexibility index (Phi) is 4.66. The summed E-state index contributed by atoms with van der Waals surface area (Å²) >= 11 is 0. The summed E-state index contributed by atoms with van der Waals surface area (Å²) in [7, 11) is 0. The van der Waals surface area contributed by atoms with E-state index in [0.717, 1.165) is 31.7 Å². The van der Waals surface area contributed by atoms with Gasteiger partial charge in [-0.1, -0.05) is 12.2 Å². The van der Waals surface area contributed by atoms with Crippen LogP contribution in [0.15, 0.2) is 36.4 Å². The number of benzene rings is 1. The molecule has 1 aliphatic carbocycles. The van der Waals surface area contributed by atoms with Gasteiger partial charge in [-0.2, -0.15) is 0 Å². The van der Waals surface area contributed by atoms with Crippen molar-refractivity contribution in [1.82, 2.24) is 4.90 Å². The molecule has 1 aromatic rings. The average Bonchev–Trinajstić information content (AvgIpc) is 2.98. The van der Waals surface area contributed by atoms with Crippen LogP contribution in [0.5, 0.6) is 11.5 Å². The van der Waals surface area contributed by atoms with Gasteiger partial charge in [-0.3, -0.25) is 4.79 Å². The number of carbonyl (C=O) groups excluding carboxylic acids is 1. The van der Waals surface area contributed by atoms with E-state index in [4.69, 9.17) is 9.47 Å². The largest absolute Gasteiger partial charge is 0.494 e. The SMILES string of the molecule is CCOc1ccc(OCC(=O)N2CC3CC=CCC3C2)cc1. The number of nitrogens with zero attached hydrogens (tertiary/aromatic N) is 1. The standard InChI is InChI=1S/C18H23NO3/c1-2-21-16-7-9-17(10-8-16)22-13-18(20)19-11-14-5-3-4-6-15(14)12-19/h3-4,7-10,14-15H,2,5-6,11-13H2,1H3. The van der Waals surface area contributed by atoms with E-state index in [-0.39, 0.29) is 12.5 Å². The summed E-state index contributed by atoms with van der Waals surface area (Å²) in [5, 5.41) is 0. The lowest BCUT2D eigenvalue weighted by Gasteiger charge is -2.17. The van der Waals surface area contributed by atoms with Gasteiger partial charge in [0.2, 0.25) is 0 Å². The van der Waals surface area contributed by atoms with Crippen LogP contribution in [-0.4, -0.2) is 37.1 Å². The molecule has 2 unspecified atom stereocenters. The van der Waals surface area contributed by atoms with Gasteiger partial charge in [0, 0.05) is 13.1 Å². The van der Waals surface area contributed by atoms with Crippen LogP contribution in [0.2, 0.25) is 0 Å². The molecule has 1 saturated heterocycles. The smallest absolute Gasteiger partial charge is 0.260 e. The lowest BCUT2D eigenvalue weighted by molar-refractivity contribution is -0.132. The van der Waals surface area contributed by atoms with Crippen molar-refractivity contribution in [3.8, 4) is 11.5 Å². The predicted molar refractivity (Wildman–Crippen MR) is 85.0 cm³/mol. The molecule has 1 aromatic carbocycles. The molecule has 22 heavy (non-hydrogen) atoms. The van der Waals surface area contributed by atoms with Crippen molar-refractivity contribution in [2.75, 3.05) is 26.3 Å². The number of allylic oxidation sites excluding steroid dienone is 2. The highest BCUT2D eigenvalue weighted by molar-refractivity contribution is 5.78. The van der Waals surface area contributed by atoms with E-state index >= 15 is 0 Å². The van der Waals surface area contributed by atoms with Crippen molar-refractivity contribution in [3.63, 3.8) is 0 Å². The molecular weight excluding hydrogens is 278 g/mol. The van der Waals surface area contributed by atoms with E-state index in [2.05, 4.69) is 12.2 Å². The molecule has 0 N–H and O–H groups in total. The second kappa shape index (κ2) is 6.86. The molecule has 1 aliphatic heterocycles. The van der Waals surface area contributed by atoms with Crippen LogP contribution in [0.3, 0.4) is 0 Å². The molecule has 0 saturated carbocycles. The van der Waals surface area contributed by atoms with Gasteiger partial charge in [0.1, 0.15) is 11.5 Å². The van der Waals surface area contributed by atoms with Gasteiger partial charge in [-0.05, 0) is 55.9 Å². The molecule has 3 rings (SSSR count). The van der Waals surface area contributed by atoms with Crippen molar-refractivity contribution in [2.24, 2.45) is 11.8 Å². The van der Waals surface area contributed by atoms with E-state index in [9.17, 15) is 4.79 Å². The van der Waals surface area contributed by atoms with Crippen LogP contribution < -0.4 is 9.47 Å². The van der Waals surface area contributed by atoms with Crippen LogP contribution in [0.1, 0.15) is 19.8 Å². The highest BCUT2D eigenvalue weighted by Gasteiger charge is 2.34. The molecule has 0 aromatic heterocycles. The summed E-state index contributed by atoms with van der Waals surface area (Å²) in [6.07, 6.45) is 6.69. The van der Waals surface area contributed by atoms with Crippen LogP contribution in [0.4, 0.5) is 0 Å². The number of amides is 1. The number of hydrogen-bond acceptors (Lipinski definition) is 3. The van der Waals surface area contributed by atoms with E-state index < -0.39 is 0 Å². The van der Waals surface area contributed by atoms with Gasteiger partial charge in [0.15, 0.2) is 6.61 Å². The molecule has 0 radical (unpaired) electrons. The number of rotatable bonds is 5. The minimum absolute atomic E-state index is 0.0864. The molecule has 1 fully saturated rings. The van der Waals surface area contributed by atoms with Crippen molar-refractivity contribution in [2.45, 2.75) is 19.8 Å². The van der Waals surface area contributed by atoms with Crippen molar-refractivity contribution < 1.29 is 14.3 Å². The Morgan fingerprint density at radius 3 is 2.14 bits per heavy atom. The number of ether oxygens (including phenoxy) is 2. The first-order valence-electron chi connectivity index (χ1n) is 8.04. The Morgan fingerprint density at radius 1 is 1.05 bits per heavy atom. The molecule has 0 spiro atoms. The van der Waals surface area contributed by atoms with Gasteiger partial charge in [-0.15, -0.1) is 0 Å². The van der Waals surface area contributed by atoms with Crippen molar-refractivity contribution in [1.29, 1.82) is 0 Å². The Labute approximate surface area is 131 Å². The van der Waals surface area contributed by atoms with Gasteiger partial charge < -0.3 is 14.4 Å². The van der Waals surface area contributed by atoms with E-state index in [1.807, 2.05) is 36.1 Å². The zero-order valence-corrected chi connectivity index (χ0v) is 13.0. The van der Waals surface area contributed by atoms with Crippen LogP contribution in [0.25, 0.3) is 0 Å². The Bertz CT molecular complexity index is 522. The van der Waals surface area contributed by atoms with E-state index in [1.54, 1.807) is 0 Å². The Balaban J connectivity index is 1.48. The summed E-state index contributed by atoms with van der Waals surface area (Å²) in [5.41, 5.74) is 0. The first-order chi connectivity index (χ1) is 10.8. The van der Waals surface area contributed by atoms with E-state index in [1.165, 1.54) is 0 Å². The summed E-state index contributed by atoms with van der Waals surface area (Å²) in [5.74, 6) is 2.88. The molecule has 1 amide bonds. The first-order valence-corrected chi connectivity index (χ1v) is 8.04. The molecule has 118 valence electrons. The van der Waals surface area contributed by atoms with Gasteiger partial charge in [0.05, 0.1) is 6.61 Å². The van der Waals surface area contributed by atoms with Crippen molar-refractivity contribution in [3.05, 3.63) is 36.4 Å². The second-order valence-electron chi connectivity index (χ2n) is 5.95.